The number of pyridine rings is 4. The molecule has 0 aliphatic rings. The molecule has 5 rings (SSSR count). The van der Waals surface area contributed by atoms with Crippen LogP contribution in [0.4, 0.5) is 0 Å². The Morgan fingerprint density at radius 2 is 1.76 bits per heavy atom. The number of aromatic nitrogens is 5. The number of carbonyl (C=O) groups is 1. The topological polar surface area (TPSA) is 118 Å². The van der Waals surface area contributed by atoms with Gasteiger partial charge < -0.3 is 9.88 Å². The van der Waals surface area contributed by atoms with Gasteiger partial charge in [0.1, 0.15) is 16.8 Å². The Balaban J connectivity index is 1.67. The minimum Gasteiger partial charge on any atom is -0.348 e. The van der Waals surface area contributed by atoms with Crippen LogP contribution >= 0.6 is 0 Å². The van der Waals surface area contributed by atoms with Gasteiger partial charge >= 0.3 is 0 Å². The van der Waals surface area contributed by atoms with Crippen molar-refractivity contribution in [1.82, 2.24) is 29.2 Å². The van der Waals surface area contributed by atoms with Gasteiger partial charge in [-0.15, -0.1) is 0 Å². The van der Waals surface area contributed by atoms with Gasteiger partial charge in [0, 0.05) is 37.5 Å². The lowest BCUT2D eigenvalue weighted by Gasteiger charge is -2.15. The smallest absolute Gasteiger partial charge is 0.267 e. The van der Waals surface area contributed by atoms with E-state index in [0.717, 1.165) is 11.1 Å². The SMILES string of the molecule is N=c1c(C(=O)NCc2cccnc2)cc2c(=O)n3ccccc3nc2n1Cc1cccnc1. The molecule has 0 unspecified atom stereocenters. The third kappa shape index (κ3) is 3.87. The van der Waals surface area contributed by atoms with Crippen molar-refractivity contribution in [2.75, 3.05) is 0 Å². The molecule has 0 saturated heterocycles. The molecule has 2 N–H and O–H groups in total. The van der Waals surface area contributed by atoms with Gasteiger partial charge in [-0.3, -0.25) is 29.4 Å². The second-order valence-corrected chi connectivity index (χ2v) is 7.48. The Morgan fingerprint density at radius 3 is 2.48 bits per heavy atom. The molecule has 0 spiro atoms. The Kier molecular flexibility index (Phi) is 5.19. The molecule has 9 heteroatoms. The minimum atomic E-state index is -0.455. The van der Waals surface area contributed by atoms with Gasteiger partial charge in [0.25, 0.3) is 11.5 Å². The highest BCUT2D eigenvalue weighted by Crippen LogP contribution is 2.12. The highest BCUT2D eigenvalue weighted by Gasteiger charge is 2.17. The largest absolute Gasteiger partial charge is 0.348 e. The van der Waals surface area contributed by atoms with Crippen LogP contribution in [-0.4, -0.2) is 29.8 Å². The lowest BCUT2D eigenvalue weighted by Crippen LogP contribution is -2.35. The number of nitrogens with zero attached hydrogens (tertiary/aromatic N) is 5. The first kappa shape index (κ1) is 20.3. The lowest BCUT2D eigenvalue weighted by atomic mass is 10.1. The minimum absolute atomic E-state index is 0.0396. The molecule has 0 aliphatic heterocycles. The molecule has 0 radical (unpaired) electrons. The molecule has 0 fully saturated rings. The van der Waals surface area contributed by atoms with Gasteiger partial charge in [-0.1, -0.05) is 18.2 Å². The van der Waals surface area contributed by atoms with Crippen molar-refractivity contribution < 1.29 is 4.79 Å². The van der Waals surface area contributed by atoms with Gasteiger partial charge in [0.2, 0.25) is 0 Å². The van der Waals surface area contributed by atoms with E-state index in [0.29, 0.717) is 11.3 Å². The predicted molar refractivity (Wildman–Crippen MR) is 122 cm³/mol. The molecule has 0 aliphatic carbocycles. The molecule has 0 bridgehead atoms. The summed E-state index contributed by atoms with van der Waals surface area (Å²) in [5.74, 6) is -0.455. The zero-order valence-electron chi connectivity index (χ0n) is 17.5. The quantitative estimate of drug-likeness (QED) is 0.407. The normalized spacial score (nSPS) is 11.0. The zero-order valence-corrected chi connectivity index (χ0v) is 17.5. The molecular formula is C24H19N7O2. The number of fused-ring (bicyclic) bond motifs is 2. The maximum atomic E-state index is 13.3. The number of carbonyl (C=O) groups excluding carboxylic acids is 1. The van der Waals surface area contributed by atoms with E-state index in [1.54, 1.807) is 65.9 Å². The van der Waals surface area contributed by atoms with E-state index in [1.165, 1.54) is 10.5 Å². The first-order valence-electron chi connectivity index (χ1n) is 10.3. The number of nitrogens with one attached hydrogen (secondary N) is 2. The van der Waals surface area contributed by atoms with Gasteiger partial charge in [-0.25, -0.2) is 4.98 Å². The van der Waals surface area contributed by atoms with E-state index in [1.807, 2.05) is 12.1 Å². The van der Waals surface area contributed by atoms with Gasteiger partial charge in [0.15, 0.2) is 0 Å². The molecule has 0 saturated carbocycles. The molecule has 0 aromatic carbocycles. The summed E-state index contributed by atoms with van der Waals surface area (Å²) in [6, 6.07) is 14.0. The van der Waals surface area contributed by atoms with E-state index in [-0.39, 0.29) is 35.1 Å². The van der Waals surface area contributed by atoms with Gasteiger partial charge in [0.05, 0.1) is 17.5 Å². The molecule has 5 aromatic heterocycles. The number of hydrogen-bond donors (Lipinski definition) is 2. The van der Waals surface area contributed by atoms with E-state index in [9.17, 15) is 9.59 Å². The van der Waals surface area contributed by atoms with Crippen LogP contribution in [0.1, 0.15) is 21.5 Å². The first-order chi connectivity index (χ1) is 16.1. The fourth-order valence-corrected chi connectivity index (χ4v) is 3.67. The number of rotatable bonds is 5. The molecule has 0 atom stereocenters. The average Bonchev–Trinajstić information content (AvgIpc) is 2.86. The number of hydrogen-bond acceptors (Lipinski definition) is 6. The van der Waals surface area contributed by atoms with Crippen LogP contribution in [0.15, 0.2) is 84.3 Å². The molecule has 33 heavy (non-hydrogen) atoms. The number of amides is 1. The monoisotopic (exact) mass is 437 g/mol. The summed E-state index contributed by atoms with van der Waals surface area (Å²) >= 11 is 0. The summed E-state index contributed by atoms with van der Waals surface area (Å²) in [7, 11) is 0. The fourth-order valence-electron chi connectivity index (χ4n) is 3.67. The Labute approximate surface area is 187 Å². The molecular weight excluding hydrogens is 418 g/mol. The van der Waals surface area contributed by atoms with Crippen LogP contribution < -0.4 is 16.4 Å². The van der Waals surface area contributed by atoms with Crippen molar-refractivity contribution in [3.05, 3.63) is 112 Å². The summed E-state index contributed by atoms with van der Waals surface area (Å²) < 4.78 is 3.00. The van der Waals surface area contributed by atoms with E-state index < -0.39 is 5.91 Å². The van der Waals surface area contributed by atoms with Crippen LogP contribution in [0.2, 0.25) is 0 Å². The summed E-state index contributed by atoms with van der Waals surface area (Å²) in [4.78, 5) is 39.1. The lowest BCUT2D eigenvalue weighted by molar-refractivity contribution is 0.0948. The Hall–Kier alpha value is -4.66. The summed E-state index contributed by atoms with van der Waals surface area (Å²) in [5.41, 5.74) is 2.19. The third-order valence-corrected chi connectivity index (χ3v) is 5.30. The van der Waals surface area contributed by atoms with Crippen molar-refractivity contribution in [1.29, 1.82) is 5.41 Å². The van der Waals surface area contributed by atoms with Crippen LogP contribution in [0.3, 0.4) is 0 Å². The van der Waals surface area contributed by atoms with E-state index in [4.69, 9.17) is 5.41 Å². The fraction of sp³-hybridized carbons (Fsp3) is 0.0833. The molecule has 5 aromatic rings. The van der Waals surface area contributed by atoms with Crippen molar-refractivity contribution in [3.8, 4) is 0 Å². The maximum absolute atomic E-state index is 13.3. The standard InChI is InChI=1S/C24H19N7O2/c25-21-18(23(32)28-14-16-5-3-8-26-12-16)11-19-22(31(21)15-17-6-4-9-27-13-17)29-20-7-1-2-10-30(20)24(19)33/h1-13,25H,14-15H2,(H,28,32). The summed E-state index contributed by atoms with van der Waals surface area (Å²) in [6.45, 7) is 0.490. The summed E-state index contributed by atoms with van der Waals surface area (Å²) in [5, 5.41) is 11.9. The Morgan fingerprint density at radius 1 is 1.00 bits per heavy atom. The Bertz CT molecular complexity index is 1590. The third-order valence-electron chi connectivity index (χ3n) is 5.30. The van der Waals surface area contributed by atoms with Crippen LogP contribution in [0.25, 0.3) is 16.7 Å². The first-order valence-corrected chi connectivity index (χ1v) is 10.3. The van der Waals surface area contributed by atoms with Gasteiger partial charge in [-0.2, -0.15) is 0 Å². The van der Waals surface area contributed by atoms with Crippen molar-refractivity contribution in [3.63, 3.8) is 0 Å². The predicted octanol–water partition coefficient (Wildman–Crippen LogP) is 1.90. The van der Waals surface area contributed by atoms with Crippen molar-refractivity contribution in [2.24, 2.45) is 0 Å². The van der Waals surface area contributed by atoms with E-state index >= 15 is 0 Å². The maximum Gasteiger partial charge on any atom is 0.267 e. The van der Waals surface area contributed by atoms with Crippen molar-refractivity contribution in [2.45, 2.75) is 13.1 Å². The van der Waals surface area contributed by atoms with Crippen molar-refractivity contribution >= 4 is 22.6 Å². The molecule has 162 valence electrons. The molecule has 5 heterocycles. The van der Waals surface area contributed by atoms with Crippen LogP contribution in [0.5, 0.6) is 0 Å². The molecule has 9 nitrogen and oxygen atoms in total. The highest BCUT2D eigenvalue weighted by molar-refractivity contribution is 5.96. The van der Waals surface area contributed by atoms with E-state index in [2.05, 4.69) is 20.3 Å². The average molecular weight is 437 g/mol. The zero-order chi connectivity index (χ0) is 22.8. The second-order valence-electron chi connectivity index (χ2n) is 7.48. The highest BCUT2D eigenvalue weighted by atomic mass is 16.1. The van der Waals surface area contributed by atoms with Gasteiger partial charge in [-0.05, 0) is 41.5 Å². The second kappa shape index (κ2) is 8.46. The summed E-state index contributed by atoms with van der Waals surface area (Å²) in [6.07, 6.45) is 8.29. The molecule has 1 amide bonds. The van der Waals surface area contributed by atoms with Crippen LogP contribution in [0, 0.1) is 5.41 Å². The van der Waals surface area contributed by atoms with Crippen LogP contribution in [-0.2, 0) is 13.1 Å².